The Kier molecular flexibility index (Phi) is 5.52. The van der Waals surface area contributed by atoms with Crippen LogP contribution in [0.25, 0.3) is 0 Å². The largest absolute Gasteiger partial charge is 0.350 e. The smallest absolute Gasteiger partial charge is 0.243 e. The summed E-state index contributed by atoms with van der Waals surface area (Å²) in [5, 5.41) is 2.92. The Morgan fingerprint density at radius 3 is 1.59 bits per heavy atom. The minimum absolute atomic E-state index is 0.293. The first kappa shape index (κ1) is 24.2. The van der Waals surface area contributed by atoms with Gasteiger partial charge < -0.3 is 5.32 Å². The number of likely N-dealkylation sites (tertiary alicyclic amines) is 1. The van der Waals surface area contributed by atoms with E-state index in [-0.39, 0.29) is 11.8 Å². The predicted molar refractivity (Wildman–Crippen MR) is 142 cm³/mol. The molecule has 3 amide bonds. The number of rotatable bonds is 5. The van der Waals surface area contributed by atoms with Crippen molar-refractivity contribution < 1.29 is 14.4 Å². The standard InChI is InChI=1S/C30H26Cl2N2O3/c1-17(2)25(26(35)33-16-18-10-4-3-5-11-18)34-27(36)23-24(28(34)37)30(32)20-13-7-6-12-19(20)29(23,31)21-14-8-9-15-22(21)30/h3-15,17,23-25H,16H2,1-2H3,(H,33,35)/t23-,24-,25+,29?,30?/m1/s1. The average Bonchev–Trinajstić information content (AvgIpc) is 3.17. The second-order valence-corrected chi connectivity index (χ2v) is 11.6. The van der Waals surface area contributed by atoms with Crippen molar-refractivity contribution >= 4 is 40.9 Å². The minimum atomic E-state index is -1.27. The van der Waals surface area contributed by atoms with Crippen molar-refractivity contribution in [2.45, 2.75) is 36.2 Å². The Labute approximate surface area is 225 Å². The predicted octanol–water partition coefficient (Wildman–Crippen LogP) is 4.92. The number of nitrogens with one attached hydrogen (secondary N) is 1. The van der Waals surface area contributed by atoms with Gasteiger partial charge in [0.2, 0.25) is 17.7 Å². The van der Waals surface area contributed by atoms with Gasteiger partial charge in [0.15, 0.2) is 0 Å². The molecule has 37 heavy (non-hydrogen) atoms. The van der Waals surface area contributed by atoms with Gasteiger partial charge in [-0.2, -0.15) is 0 Å². The Hall–Kier alpha value is -3.15. The van der Waals surface area contributed by atoms with E-state index in [1.54, 1.807) is 0 Å². The van der Waals surface area contributed by atoms with E-state index in [9.17, 15) is 14.4 Å². The molecule has 0 spiro atoms. The van der Waals surface area contributed by atoms with Gasteiger partial charge in [-0.25, -0.2) is 0 Å². The van der Waals surface area contributed by atoms with Gasteiger partial charge in [-0.3, -0.25) is 19.3 Å². The number of nitrogens with zero attached hydrogens (tertiary/aromatic N) is 1. The molecule has 0 saturated carbocycles. The zero-order valence-corrected chi connectivity index (χ0v) is 22.0. The molecule has 3 atom stereocenters. The molecule has 188 valence electrons. The number of benzene rings is 3. The Balaban J connectivity index is 1.45. The molecule has 1 N–H and O–H groups in total. The summed E-state index contributed by atoms with van der Waals surface area (Å²) in [6.45, 7) is 3.96. The third kappa shape index (κ3) is 3.14. The molecule has 1 saturated heterocycles. The third-order valence-electron chi connectivity index (χ3n) is 8.11. The molecule has 3 aliphatic carbocycles. The first-order chi connectivity index (χ1) is 17.7. The molecule has 5 nitrogen and oxygen atoms in total. The lowest BCUT2D eigenvalue weighted by atomic mass is 9.54. The molecule has 2 bridgehead atoms. The molecule has 1 aliphatic heterocycles. The second-order valence-electron chi connectivity index (χ2n) is 10.4. The number of amides is 3. The lowest BCUT2D eigenvalue weighted by Gasteiger charge is -2.54. The molecule has 1 fully saturated rings. The summed E-state index contributed by atoms with van der Waals surface area (Å²) in [5.74, 6) is -3.45. The quantitative estimate of drug-likeness (QED) is 0.374. The highest BCUT2D eigenvalue weighted by Crippen LogP contribution is 2.69. The monoisotopic (exact) mass is 532 g/mol. The summed E-state index contributed by atoms with van der Waals surface area (Å²) in [7, 11) is 0. The van der Waals surface area contributed by atoms with E-state index < -0.39 is 39.4 Å². The molecule has 7 rings (SSSR count). The Bertz CT molecular complexity index is 1320. The van der Waals surface area contributed by atoms with E-state index in [0.29, 0.717) is 6.54 Å². The van der Waals surface area contributed by atoms with Crippen molar-refractivity contribution in [3.63, 3.8) is 0 Å². The maximum atomic E-state index is 14.2. The van der Waals surface area contributed by atoms with Gasteiger partial charge in [0, 0.05) is 6.54 Å². The van der Waals surface area contributed by atoms with Crippen LogP contribution in [0.2, 0.25) is 0 Å². The molecule has 0 aromatic heterocycles. The van der Waals surface area contributed by atoms with E-state index >= 15 is 0 Å². The Morgan fingerprint density at radius 2 is 1.19 bits per heavy atom. The van der Waals surface area contributed by atoms with Gasteiger partial charge in [0.1, 0.15) is 15.8 Å². The van der Waals surface area contributed by atoms with E-state index in [0.717, 1.165) is 32.7 Å². The normalized spacial score (nSPS) is 28.1. The van der Waals surface area contributed by atoms with Gasteiger partial charge in [-0.1, -0.05) is 92.7 Å². The molecule has 7 heteroatoms. The van der Waals surface area contributed by atoms with E-state index in [1.165, 1.54) is 0 Å². The number of hydrogen-bond donors (Lipinski definition) is 1. The van der Waals surface area contributed by atoms with Crippen molar-refractivity contribution in [1.82, 2.24) is 10.2 Å². The molecule has 3 aromatic carbocycles. The van der Waals surface area contributed by atoms with Crippen LogP contribution in [0.4, 0.5) is 0 Å². The van der Waals surface area contributed by atoms with Gasteiger partial charge in [0.05, 0.1) is 11.8 Å². The van der Waals surface area contributed by atoms with Gasteiger partial charge >= 0.3 is 0 Å². The van der Waals surface area contributed by atoms with Gasteiger partial charge in [-0.05, 0) is 33.7 Å². The van der Waals surface area contributed by atoms with Crippen molar-refractivity contribution in [1.29, 1.82) is 0 Å². The van der Waals surface area contributed by atoms with Gasteiger partial charge in [0.25, 0.3) is 0 Å². The summed E-state index contributed by atoms with van der Waals surface area (Å²) in [6, 6.07) is 23.5. The van der Waals surface area contributed by atoms with Crippen molar-refractivity contribution in [3.8, 4) is 0 Å². The maximum absolute atomic E-state index is 14.2. The number of imide groups is 1. The molecule has 4 aliphatic rings. The van der Waals surface area contributed by atoms with E-state index in [4.69, 9.17) is 23.2 Å². The third-order valence-corrected chi connectivity index (χ3v) is 9.39. The average molecular weight is 533 g/mol. The van der Waals surface area contributed by atoms with Crippen molar-refractivity contribution in [2.24, 2.45) is 17.8 Å². The molecule has 0 radical (unpaired) electrons. The number of alkyl halides is 2. The van der Waals surface area contributed by atoms with Crippen LogP contribution in [0, 0.1) is 17.8 Å². The molecular weight excluding hydrogens is 507 g/mol. The summed E-state index contributed by atoms with van der Waals surface area (Å²) >= 11 is 15.0. The molecule has 3 aromatic rings. The van der Waals surface area contributed by atoms with Gasteiger partial charge in [-0.15, -0.1) is 23.2 Å². The van der Waals surface area contributed by atoms with Crippen LogP contribution >= 0.6 is 23.2 Å². The number of halogens is 2. The molecule has 1 heterocycles. The molecule has 0 unspecified atom stereocenters. The van der Waals surface area contributed by atoms with Crippen LogP contribution in [-0.4, -0.2) is 28.7 Å². The fraction of sp³-hybridized carbons (Fsp3) is 0.300. The zero-order chi connectivity index (χ0) is 26.1. The van der Waals surface area contributed by atoms with Crippen LogP contribution in [-0.2, 0) is 30.7 Å². The highest BCUT2D eigenvalue weighted by Gasteiger charge is 2.73. The van der Waals surface area contributed by atoms with Crippen molar-refractivity contribution in [2.75, 3.05) is 0 Å². The fourth-order valence-electron chi connectivity index (χ4n) is 6.57. The van der Waals surface area contributed by atoms with Crippen LogP contribution in [0.3, 0.4) is 0 Å². The van der Waals surface area contributed by atoms with E-state index in [2.05, 4.69) is 5.32 Å². The topological polar surface area (TPSA) is 66.5 Å². The van der Waals surface area contributed by atoms with Crippen LogP contribution in [0.15, 0.2) is 78.9 Å². The summed E-state index contributed by atoms with van der Waals surface area (Å²) < 4.78 is 0. The highest BCUT2D eigenvalue weighted by molar-refractivity contribution is 6.36. The second kappa shape index (κ2) is 8.44. The number of hydrogen-bond acceptors (Lipinski definition) is 3. The van der Waals surface area contributed by atoms with Crippen molar-refractivity contribution in [3.05, 3.63) is 107 Å². The zero-order valence-electron chi connectivity index (χ0n) is 20.4. The lowest BCUT2D eigenvalue weighted by Crippen LogP contribution is -2.57. The number of carbonyl (C=O) groups excluding carboxylic acids is 3. The van der Waals surface area contributed by atoms with Crippen LogP contribution < -0.4 is 5.32 Å². The number of carbonyl (C=O) groups is 3. The summed E-state index contributed by atoms with van der Waals surface area (Å²) in [6.07, 6.45) is 0. The van der Waals surface area contributed by atoms with Crippen LogP contribution in [0.5, 0.6) is 0 Å². The molecular formula is C30H26Cl2N2O3. The summed E-state index contributed by atoms with van der Waals surface area (Å²) in [5.41, 5.74) is 3.89. The first-order valence-electron chi connectivity index (χ1n) is 12.5. The van der Waals surface area contributed by atoms with Crippen LogP contribution in [0.1, 0.15) is 41.7 Å². The highest BCUT2D eigenvalue weighted by atomic mass is 35.5. The first-order valence-corrected chi connectivity index (χ1v) is 13.2. The SMILES string of the molecule is CC(C)[C@@H](C(=O)NCc1ccccc1)N1C(=O)[C@H]2[C@H](C1=O)C1(Cl)c3ccccc3C2(Cl)c2ccccc21. The summed E-state index contributed by atoms with van der Waals surface area (Å²) in [4.78, 5) is 40.5. The maximum Gasteiger partial charge on any atom is 0.243 e. The lowest BCUT2D eigenvalue weighted by molar-refractivity contribution is -0.149. The van der Waals surface area contributed by atoms with E-state index in [1.807, 2.05) is 92.7 Å². The fourth-order valence-corrected chi connectivity index (χ4v) is 7.67. The Morgan fingerprint density at radius 1 is 0.784 bits per heavy atom. The minimum Gasteiger partial charge on any atom is -0.350 e.